The van der Waals surface area contributed by atoms with Crippen LogP contribution in [0.15, 0.2) is 48.3 Å². The molecule has 140 valence electrons. The van der Waals surface area contributed by atoms with Gasteiger partial charge in [-0.05, 0) is 98.8 Å². The molecule has 0 aromatic heterocycles. The highest BCUT2D eigenvalue weighted by molar-refractivity contribution is 5.33. The maximum absolute atomic E-state index is 12.8. The minimum atomic E-state index is -0.723. The number of halogens is 1. The van der Waals surface area contributed by atoms with Crippen LogP contribution in [0, 0.1) is 40.4 Å². The Bertz CT molecular complexity index is 747. The molecule has 0 atom stereocenters. The van der Waals surface area contributed by atoms with Crippen LogP contribution in [0.5, 0.6) is 0 Å². The fraction of sp³-hybridized carbons (Fsp3) is 0.500. The summed E-state index contributed by atoms with van der Waals surface area (Å²) in [5.41, 5.74) is 2.13. The molecular weight excluding hydrogens is 335 g/mol. The van der Waals surface area contributed by atoms with Gasteiger partial charge in [-0.1, -0.05) is 24.3 Å². The lowest BCUT2D eigenvalue weighted by Crippen LogP contribution is -2.25. The molecule has 3 heteroatoms. The third-order valence-electron chi connectivity index (χ3n) is 6.50. The van der Waals surface area contributed by atoms with E-state index in [1.165, 1.54) is 69.1 Å². The Hall–Kier alpha value is -2.39. The molecule has 0 bridgehead atoms. The minimum Gasteiger partial charge on any atom is -0.195 e. The van der Waals surface area contributed by atoms with Crippen LogP contribution in [0.1, 0.15) is 68.4 Å². The minimum absolute atomic E-state index is 0.527. The highest BCUT2D eigenvalue weighted by Gasteiger charge is 2.30. The molecule has 0 unspecified atom stereocenters. The fourth-order valence-electron chi connectivity index (χ4n) is 4.90. The molecule has 0 heterocycles. The number of nitrogens with zero attached hydrogens (tertiary/aromatic N) is 2. The van der Waals surface area contributed by atoms with Crippen LogP contribution in [-0.2, 0) is 0 Å². The molecule has 2 aliphatic carbocycles. The summed E-state index contributed by atoms with van der Waals surface area (Å²) in [5, 5.41) is 17.4. The standard InChI is InChI=1S/C24H27FN2/c25-24(17-27)3-1-2-18-4-8-20(9-5-18)22-12-14-23(15-13-22)21-10-6-19(16-26)7-11-21/h1-3,6-7,10-11,18,20,22-23H,4-5,8-9,12-15H2. The average molecular weight is 362 g/mol. The normalized spacial score (nSPS) is 29.2. The molecular formula is C24H27FN2. The summed E-state index contributed by atoms with van der Waals surface area (Å²) < 4.78 is 12.8. The largest absolute Gasteiger partial charge is 0.199 e. The van der Waals surface area contributed by atoms with Crippen LogP contribution in [0.2, 0.25) is 0 Å². The van der Waals surface area contributed by atoms with Crippen LogP contribution in [0.4, 0.5) is 4.39 Å². The Morgan fingerprint density at radius 2 is 1.48 bits per heavy atom. The van der Waals surface area contributed by atoms with Crippen LogP contribution < -0.4 is 0 Å². The van der Waals surface area contributed by atoms with Gasteiger partial charge < -0.3 is 0 Å². The van der Waals surface area contributed by atoms with Crippen molar-refractivity contribution in [3.63, 3.8) is 0 Å². The SMILES string of the molecule is N#CC(F)=CC=CC1CCC(C2CCC(c3ccc(C#N)cc3)CC2)CC1. The van der Waals surface area contributed by atoms with E-state index in [9.17, 15) is 4.39 Å². The van der Waals surface area contributed by atoms with Crippen molar-refractivity contribution in [1.82, 2.24) is 0 Å². The van der Waals surface area contributed by atoms with Crippen LogP contribution in [-0.4, -0.2) is 0 Å². The van der Waals surface area contributed by atoms with Gasteiger partial charge in [-0.3, -0.25) is 0 Å². The van der Waals surface area contributed by atoms with Gasteiger partial charge in [-0.25, -0.2) is 0 Å². The highest BCUT2D eigenvalue weighted by atomic mass is 19.1. The average Bonchev–Trinajstić information content (AvgIpc) is 2.74. The van der Waals surface area contributed by atoms with Crippen LogP contribution >= 0.6 is 0 Å². The number of nitriles is 2. The van der Waals surface area contributed by atoms with Gasteiger partial charge in [-0.15, -0.1) is 0 Å². The zero-order chi connectivity index (χ0) is 19.1. The van der Waals surface area contributed by atoms with Crippen molar-refractivity contribution < 1.29 is 4.39 Å². The molecule has 0 amide bonds. The Kier molecular flexibility index (Phi) is 6.83. The molecule has 27 heavy (non-hydrogen) atoms. The third kappa shape index (κ3) is 5.30. The fourth-order valence-corrected chi connectivity index (χ4v) is 4.90. The molecule has 0 N–H and O–H groups in total. The molecule has 2 nitrogen and oxygen atoms in total. The van der Waals surface area contributed by atoms with Crippen LogP contribution in [0.3, 0.4) is 0 Å². The van der Waals surface area contributed by atoms with E-state index in [0.717, 1.165) is 17.4 Å². The first-order valence-corrected chi connectivity index (χ1v) is 10.1. The lowest BCUT2D eigenvalue weighted by atomic mass is 9.68. The van der Waals surface area contributed by atoms with E-state index in [-0.39, 0.29) is 0 Å². The molecule has 1 aromatic rings. The first-order chi connectivity index (χ1) is 13.2. The second-order valence-corrected chi connectivity index (χ2v) is 8.03. The molecule has 0 saturated heterocycles. The maximum atomic E-state index is 12.8. The third-order valence-corrected chi connectivity index (χ3v) is 6.50. The topological polar surface area (TPSA) is 47.6 Å². The van der Waals surface area contributed by atoms with Crippen molar-refractivity contribution in [2.75, 3.05) is 0 Å². The first kappa shape index (κ1) is 19.4. The van der Waals surface area contributed by atoms with Gasteiger partial charge in [0.2, 0.25) is 0 Å². The van der Waals surface area contributed by atoms with Gasteiger partial charge in [0, 0.05) is 0 Å². The van der Waals surface area contributed by atoms with E-state index in [4.69, 9.17) is 10.5 Å². The summed E-state index contributed by atoms with van der Waals surface area (Å²) in [4.78, 5) is 0. The molecule has 0 spiro atoms. The zero-order valence-corrected chi connectivity index (χ0v) is 15.8. The Labute approximate surface area is 162 Å². The van der Waals surface area contributed by atoms with E-state index in [1.54, 1.807) is 6.08 Å². The molecule has 2 fully saturated rings. The van der Waals surface area contributed by atoms with Gasteiger partial charge in [0.25, 0.3) is 0 Å². The number of benzene rings is 1. The molecule has 0 radical (unpaired) electrons. The van der Waals surface area contributed by atoms with Crippen molar-refractivity contribution in [3.8, 4) is 12.1 Å². The van der Waals surface area contributed by atoms with E-state index < -0.39 is 5.83 Å². The van der Waals surface area contributed by atoms with Gasteiger partial charge in [0.05, 0.1) is 11.6 Å². The van der Waals surface area contributed by atoms with E-state index in [1.807, 2.05) is 12.1 Å². The monoisotopic (exact) mass is 362 g/mol. The molecule has 1 aromatic carbocycles. The summed E-state index contributed by atoms with van der Waals surface area (Å²) in [6.45, 7) is 0. The second-order valence-electron chi connectivity index (χ2n) is 8.03. The lowest BCUT2D eigenvalue weighted by molar-refractivity contribution is 0.171. The summed E-state index contributed by atoms with van der Waals surface area (Å²) in [5.74, 6) is 2.14. The van der Waals surface area contributed by atoms with Crippen LogP contribution in [0.25, 0.3) is 0 Å². The van der Waals surface area contributed by atoms with E-state index in [0.29, 0.717) is 11.8 Å². The van der Waals surface area contributed by atoms with Crippen molar-refractivity contribution >= 4 is 0 Å². The highest BCUT2D eigenvalue weighted by Crippen LogP contribution is 2.44. The number of allylic oxidation sites excluding steroid dienone is 4. The number of rotatable bonds is 4. The van der Waals surface area contributed by atoms with E-state index in [2.05, 4.69) is 24.3 Å². The Morgan fingerprint density at radius 1 is 0.889 bits per heavy atom. The Balaban J connectivity index is 1.44. The molecule has 3 rings (SSSR count). The Morgan fingerprint density at radius 3 is 2.04 bits per heavy atom. The summed E-state index contributed by atoms with van der Waals surface area (Å²) in [7, 11) is 0. The summed E-state index contributed by atoms with van der Waals surface area (Å²) >= 11 is 0. The smallest absolute Gasteiger partial charge is 0.195 e. The van der Waals surface area contributed by atoms with Crippen molar-refractivity contribution in [1.29, 1.82) is 10.5 Å². The molecule has 2 aliphatic rings. The van der Waals surface area contributed by atoms with E-state index >= 15 is 0 Å². The first-order valence-electron chi connectivity index (χ1n) is 10.1. The lowest BCUT2D eigenvalue weighted by Gasteiger charge is -2.37. The number of hydrogen-bond acceptors (Lipinski definition) is 2. The second kappa shape index (κ2) is 9.52. The summed E-state index contributed by atoms with van der Waals surface area (Å²) in [6.07, 6.45) is 15.1. The van der Waals surface area contributed by atoms with Crippen molar-refractivity contribution in [3.05, 3.63) is 59.4 Å². The maximum Gasteiger partial charge on any atom is 0.199 e. The van der Waals surface area contributed by atoms with Gasteiger partial charge in [-0.2, -0.15) is 14.9 Å². The molecule has 2 saturated carbocycles. The van der Waals surface area contributed by atoms with Gasteiger partial charge >= 0.3 is 0 Å². The zero-order valence-electron chi connectivity index (χ0n) is 15.8. The quantitative estimate of drug-likeness (QED) is 0.449. The summed E-state index contributed by atoms with van der Waals surface area (Å²) in [6, 6.07) is 11.8. The molecule has 0 aliphatic heterocycles. The van der Waals surface area contributed by atoms with Gasteiger partial charge in [0.1, 0.15) is 6.07 Å². The van der Waals surface area contributed by atoms with Gasteiger partial charge in [0.15, 0.2) is 5.83 Å². The predicted octanol–water partition coefficient (Wildman–Crippen LogP) is 6.57. The number of hydrogen-bond donors (Lipinski definition) is 0. The van der Waals surface area contributed by atoms with Crippen molar-refractivity contribution in [2.24, 2.45) is 17.8 Å². The van der Waals surface area contributed by atoms with Crippen molar-refractivity contribution in [2.45, 2.75) is 57.3 Å². The predicted molar refractivity (Wildman–Crippen MR) is 105 cm³/mol.